The molecule has 118 valence electrons. The van der Waals surface area contributed by atoms with E-state index in [4.69, 9.17) is 4.74 Å². The lowest BCUT2D eigenvalue weighted by molar-refractivity contribution is 0.104. The summed E-state index contributed by atoms with van der Waals surface area (Å²) in [6.07, 6.45) is 6.52. The van der Waals surface area contributed by atoms with Crippen LogP contribution < -0.4 is 4.74 Å². The molecule has 1 aromatic heterocycles. The van der Waals surface area contributed by atoms with Crippen LogP contribution in [0.5, 0.6) is 5.75 Å². The number of aromatic nitrogens is 1. The topological polar surface area (TPSA) is 39.2 Å². The van der Waals surface area contributed by atoms with E-state index in [0.717, 1.165) is 16.9 Å². The lowest BCUT2D eigenvalue weighted by Crippen LogP contribution is -1.97. The Bertz CT molecular complexity index is 827. The number of benzene rings is 2. The van der Waals surface area contributed by atoms with Crippen molar-refractivity contribution in [3.63, 3.8) is 0 Å². The van der Waals surface area contributed by atoms with Crippen molar-refractivity contribution in [2.45, 2.75) is 6.61 Å². The molecule has 0 radical (unpaired) electrons. The van der Waals surface area contributed by atoms with Gasteiger partial charge >= 0.3 is 0 Å². The van der Waals surface area contributed by atoms with Gasteiger partial charge in [-0.15, -0.1) is 0 Å². The van der Waals surface area contributed by atoms with Crippen LogP contribution in [0.1, 0.15) is 21.5 Å². The first kappa shape index (κ1) is 15.7. The van der Waals surface area contributed by atoms with Gasteiger partial charge in [0.2, 0.25) is 0 Å². The summed E-state index contributed by atoms with van der Waals surface area (Å²) in [5.41, 5.74) is 2.53. The second-order valence-electron chi connectivity index (χ2n) is 5.25. The Kier molecular flexibility index (Phi) is 5.15. The maximum Gasteiger partial charge on any atom is 0.187 e. The quantitative estimate of drug-likeness (QED) is 0.494. The van der Waals surface area contributed by atoms with Crippen molar-refractivity contribution >= 4 is 11.9 Å². The normalized spacial score (nSPS) is 10.7. The van der Waals surface area contributed by atoms with E-state index in [1.165, 1.54) is 0 Å². The number of rotatable bonds is 6. The molecule has 0 fully saturated rings. The molecule has 2 aromatic carbocycles. The molecular weight excluding hydrogens is 298 g/mol. The van der Waals surface area contributed by atoms with Crippen LogP contribution in [0.25, 0.3) is 6.08 Å². The molecule has 3 heteroatoms. The van der Waals surface area contributed by atoms with Gasteiger partial charge in [-0.25, -0.2) is 0 Å². The largest absolute Gasteiger partial charge is 0.488 e. The highest BCUT2D eigenvalue weighted by Crippen LogP contribution is 2.21. The van der Waals surface area contributed by atoms with E-state index in [9.17, 15) is 4.79 Å². The number of carbonyl (C=O) groups is 1. The second kappa shape index (κ2) is 7.88. The number of hydrogen-bond acceptors (Lipinski definition) is 3. The molecule has 0 amide bonds. The van der Waals surface area contributed by atoms with Crippen LogP contribution >= 0.6 is 0 Å². The summed E-state index contributed by atoms with van der Waals surface area (Å²) in [5, 5.41) is 0. The summed E-state index contributed by atoms with van der Waals surface area (Å²) in [4.78, 5) is 16.1. The Hall–Kier alpha value is -3.20. The zero-order chi connectivity index (χ0) is 16.6. The fraction of sp³-hybridized carbons (Fsp3) is 0.0476. The first-order chi connectivity index (χ1) is 11.8. The van der Waals surface area contributed by atoms with E-state index in [2.05, 4.69) is 4.98 Å². The standard InChI is InChI=1S/C21H17NO2/c23-20(19-10-6-14-22-15-19)13-12-18-9-4-5-11-21(18)24-16-17-7-2-1-3-8-17/h1-15H,16H2. The molecular formula is C21H17NO2. The smallest absolute Gasteiger partial charge is 0.187 e. The van der Waals surface area contributed by atoms with Crippen molar-refractivity contribution in [2.24, 2.45) is 0 Å². The summed E-state index contributed by atoms with van der Waals surface area (Å²) in [6.45, 7) is 0.488. The number of allylic oxidation sites excluding steroid dienone is 1. The minimum Gasteiger partial charge on any atom is -0.488 e. The fourth-order valence-electron chi connectivity index (χ4n) is 2.26. The summed E-state index contributed by atoms with van der Waals surface area (Å²) < 4.78 is 5.89. The average molecular weight is 315 g/mol. The maximum atomic E-state index is 12.1. The molecule has 0 aliphatic rings. The first-order valence-electron chi connectivity index (χ1n) is 7.71. The third-order valence-electron chi connectivity index (χ3n) is 3.52. The number of ketones is 1. The third-order valence-corrected chi connectivity index (χ3v) is 3.52. The van der Waals surface area contributed by atoms with Crippen molar-refractivity contribution in [3.05, 3.63) is 102 Å². The van der Waals surface area contributed by atoms with E-state index in [-0.39, 0.29) is 5.78 Å². The number of ether oxygens (including phenoxy) is 1. The molecule has 0 N–H and O–H groups in total. The van der Waals surface area contributed by atoms with Crippen LogP contribution in [0.15, 0.2) is 85.2 Å². The van der Waals surface area contributed by atoms with Crippen LogP contribution in [0, 0.1) is 0 Å². The van der Waals surface area contributed by atoms with Crippen molar-refractivity contribution in [3.8, 4) is 5.75 Å². The molecule has 1 heterocycles. The number of carbonyl (C=O) groups excluding carboxylic acids is 1. The van der Waals surface area contributed by atoms with Gasteiger partial charge in [-0.3, -0.25) is 9.78 Å². The highest BCUT2D eigenvalue weighted by molar-refractivity contribution is 6.06. The van der Waals surface area contributed by atoms with Crippen molar-refractivity contribution in [1.29, 1.82) is 0 Å². The van der Waals surface area contributed by atoms with E-state index in [1.807, 2.05) is 54.6 Å². The number of para-hydroxylation sites is 1. The van der Waals surface area contributed by atoms with Gasteiger partial charge in [-0.1, -0.05) is 48.5 Å². The summed E-state index contributed by atoms with van der Waals surface area (Å²) in [6, 6.07) is 21.1. The molecule has 0 aliphatic carbocycles. The Labute approximate surface area is 141 Å². The van der Waals surface area contributed by atoms with Gasteiger partial charge in [0.1, 0.15) is 12.4 Å². The average Bonchev–Trinajstić information content (AvgIpc) is 2.66. The van der Waals surface area contributed by atoms with Crippen LogP contribution in [-0.2, 0) is 6.61 Å². The van der Waals surface area contributed by atoms with Crippen molar-refractivity contribution in [1.82, 2.24) is 4.98 Å². The van der Waals surface area contributed by atoms with Crippen molar-refractivity contribution in [2.75, 3.05) is 0 Å². The monoisotopic (exact) mass is 315 g/mol. The van der Waals surface area contributed by atoms with E-state index < -0.39 is 0 Å². The molecule has 3 rings (SSSR count). The van der Waals surface area contributed by atoms with E-state index in [1.54, 1.807) is 36.7 Å². The Morgan fingerprint density at radius 1 is 0.958 bits per heavy atom. The lowest BCUT2D eigenvalue weighted by atomic mass is 10.1. The predicted octanol–water partition coefficient (Wildman–Crippen LogP) is 4.56. The third kappa shape index (κ3) is 4.17. The Morgan fingerprint density at radius 2 is 1.75 bits per heavy atom. The highest BCUT2D eigenvalue weighted by Gasteiger charge is 2.03. The van der Waals surface area contributed by atoms with E-state index >= 15 is 0 Å². The second-order valence-corrected chi connectivity index (χ2v) is 5.25. The predicted molar refractivity (Wildman–Crippen MR) is 94.8 cm³/mol. The molecule has 0 saturated carbocycles. The lowest BCUT2D eigenvalue weighted by Gasteiger charge is -2.09. The van der Waals surface area contributed by atoms with Gasteiger partial charge in [0.25, 0.3) is 0 Å². The summed E-state index contributed by atoms with van der Waals surface area (Å²) in [5.74, 6) is 0.664. The van der Waals surface area contributed by atoms with Gasteiger partial charge in [0.15, 0.2) is 5.78 Å². The molecule has 3 nitrogen and oxygen atoms in total. The molecule has 0 spiro atoms. The summed E-state index contributed by atoms with van der Waals surface area (Å²) >= 11 is 0. The van der Waals surface area contributed by atoms with Crippen LogP contribution in [-0.4, -0.2) is 10.8 Å². The van der Waals surface area contributed by atoms with Crippen molar-refractivity contribution < 1.29 is 9.53 Å². The fourth-order valence-corrected chi connectivity index (χ4v) is 2.26. The van der Waals surface area contributed by atoms with E-state index in [0.29, 0.717) is 12.2 Å². The molecule has 0 bridgehead atoms. The minimum atomic E-state index is -0.0824. The zero-order valence-electron chi connectivity index (χ0n) is 13.1. The minimum absolute atomic E-state index is 0.0824. The van der Waals surface area contributed by atoms with Crippen LogP contribution in [0.3, 0.4) is 0 Å². The zero-order valence-corrected chi connectivity index (χ0v) is 13.1. The van der Waals surface area contributed by atoms with Crippen LogP contribution in [0.4, 0.5) is 0 Å². The molecule has 24 heavy (non-hydrogen) atoms. The number of hydrogen-bond donors (Lipinski definition) is 0. The summed E-state index contributed by atoms with van der Waals surface area (Å²) in [7, 11) is 0. The SMILES string of the molecule is O=C(C=Cc1ccccc1OCc1ccccc1)c1cccnc1. The Morgan fingerprint density at radius 3 is 2.54 bits per heavy atom. The molecule has 0 atom stereocenters. The number of nitrogens with zero attached hydrogens (tertiary/aromatic N) is 1. The van der Waals surface area contributed by atoms with Gasteiger partial charge in [-0.05, 0) is 35.9 Å². The van der Waals surface area contributed by atoms with Gasteiger partial charge in [-0.2, -0.15) is 0 Å². The highest BCUT2D eigenvalue weighted by atomic mass is 16.5. The molecule has 0 saturated heterocycles. The maximum absolute atomic E-state index is 12.1. The molecule has 0 aliphatic heterocycles. The van der Waals surface area contributed by atoms with Gasteiger partial charge in [0.05, 0.1) is 0 Å². The van der Waals surface area contributed by atoms with Crippen LogP contribution in [0.2, 0.25) is 0 Å². The molecule has 0 unspecified atom stereocenters. The number of pyridine rings is 1. The molecule has 3 aromatic rings. The van der Waals surface area contributed by atoms with Gasteiger partial charge < -0.3 is 4.74 Å². The Balaban J connectivity index is 1.72. The van der Waals surface area contributed by atoms with Gasteiger partial charge in [0, 0.05) is 23.5 Å². The first-order valence-corrected chi connectivity index (χ1v) is 7.71.